The largest absolute Gasteiger partial charge is 0.467 e. The Kier molecular flexibility index (Phi) is 6.17. The number of hydrogen-bond donors (Lipinski definition) is 1. The van der Waals surface area contributed by atoms with Gasteiger partial charge in [0.2, 0.25) is 5.12 Å². The van der Waals surface area contributed by atoms with Gasteiger partial charge in [-0.25, -0.2) is 4.79 Å². The summed E-state index contributed by atoms with van der Waals surface area (Å²) in [6.45, 7) is 0. The first-order valence-corrected chi connectivity index (χ1v) is 8.99. The number of hydrogen-bond acceptors (Lipinski definition) is 7. The number of rotatable bonds is 6. The van der Waals surface area contributed by atoms with Gasteiger partial charge in [-0.1, -0.05) is 23.9 Å². The molecule has 116 valence electrons. The van der Waals surface area contributed by atoms with E-state index in [1.165, 1.54) is 29.8 Å². The molecule has 0 aliphatic heterocycles. The van der Waals surface area contributed by atoms with E-state index in [1.807, 2.05) is 5.38 Å². The lowest BCUT2D eigenvalue weighted by atomic mass is 10.3. The van der Waals surface area contributed by atoms with Crippen LogP contribution in [0.2, 0.25) is 0 Å². The SMILES string of the molecule is COC(=O)C(CSC(=O)c1cccs1)NC(=O)c1cccs1. The average Bonchev–Trinajstić information content (AvgIpc) is 3.22. The summed E-state index contributed by atoms with van der Waals surface area (Å²) in [5.74, 6) is -0.800. The van der Waals surface area contributed by atoms with Gasteiger partial charge in [-0.3, -0.25) is 9.59 Å². The standard InChI is InChI=1S/C14H13NO4S3/c1-19-13(17)9(15-12(16)10-4-2-6-20-10)8-22-14(18)11-5-3-7-21-11/h2-7,9H,8H2,1H3,(H,15,16). The molecule has 2 rings (SSSR count). The summed E-state index contributed by atoms with van der Waals surface area (Å²) < 4.78 is 4.68. The van der Waals surface area contributed by atoms with E-state index in [1.54, 1.807) is 29.6 Å². The summed E-state index contributed by atoms with van der Waals surface area (Å²) >= 11 is 3.60. The normalized spacial score (nSPS) is 11.7. The molecular formula is C14H13NO4S3. The minimum absolute atomic E-state index is 0.126. The molecule has 0 aliphatic carbocycles. The first-order valence-electron chi connectivity index (χ1n) is 6.24. The number of amides is 1. The maximum Gasteiger partial charge on any atom is 0.329 e. The third-order valence-electron chi connectivity index (χ3n) is 2.64. The molecule has 1 N–H and O–H groups in total. The monoisotopic (exact) mass is 355 g/mol. The van der Waals surface area contributed by atoms with Crippen molar-refractivity contribution in [3.05, 3.63) is 44.8 Å². The minimum Gasteiger partial charge on any atom is -0.467 e. The highest BCUT2D eigenvalue weighted by Crippen LogP contribution is 2.18. The van der Waals surface area contributed by atoms with Crippen LogP contribution in [0.4, 0.5) is 0 Å². The lowest BCUT2D eigenvalue weighted by molar-refractivity contribution is -0.142. The lowest BCUT2D eigenvalue weighted by Crippen LogP contribution is -2.43. The molecule has 0 spiro atoms. The Morgan fingerprint density at radius 2 is 1.82 bits per heavy atom. The zero-order valence-corrected chi connectivity index (χ0v) is 14.1. The van der Waals surface area contributed by atoms with E-state index in [9.17, 15) is 14.4 Å². The van der Waals surface area contributed by atoms with Crippen molar-refractivity contribution in [2.45, 2.75) is 6.04 Å². The predicted octanol–water partition coefficient (Wildman–Crippen LogP) is 2.65. The number of nitrogens with one attached hydrogen (secondary N) is 1. The summed E-state index contributed by atoms with van der Waals surface area (Å²) in [5, 5.41) is 6.05. The molecular weight excluding hydrogens is 342 g/mol. The molecule has 0 radical (unpaired) electrons. The Morgan fingerprint density at radius 3 is 2.36 bits per heavy atom. The van der Waals surface area contributed by atoms with Crippen LogP contribution in [0.3, 0.4) is 0 Å². The molecule has 0 aliphatic rings. The second-order valence-corrected chi connectivity index (χ2v) is 6.99. The van der Waals surface area contributed by atoms with E-state index in [0.29, 0.717) is 9.75 Å². The maximum absolute atomic E-state index is 12.0. The lowest BCUT2D eigenvalue weighted by Gasteiger charge is -2.15. The molecule has 1 amide bonds. The highest BCUT2D eigenvalue weighted by molar-refractivity contribution is 8.14. The zero-order valence-electron chi connectivity index (χ0n) is 11.6. The summed E-state index contributed by atoms with van der Waals surface area (Å²) in [7, 11) is 1.25. The van der Waals surface area contributed by atoms with Gasteiger partial charge in [-0.05, 0) is 22.9 Å². The van der Waals surface area contributed by atoms with E-state index in [4.69, 9.17) is 0 Å². The molecule has 1 atom stereocenters. The van der Waals surface area contributed by atoms with Gasteiger partial charge in [0.1, 0.15) is 6.04 Å². The van der Waals surface area contributed by atoms with Crippen LogP contribution in [0.1, 0.15) is 19.3 Å². The van der Waals surface area contributed by atoms with Crippen molar-refractivity contribution in [2.24, 2.45) is 0 Å². The first kappa shape index (κ1) is 16.7. The van der Waals surface area contributed by atoms with Crippen LogP contribution in [-0.2, 0) is 9.53 Å². The number of esters is 1. The Hall–Kier alpha value is -1.64. The van der Waals surface area contributed by atoms with Crippen LogP contribution >= 0.6 is 34.4 Å². The average molecular weight is 355 g/mol. The van der Waals surface area contributed by atoms with Crippen LogP contribution in [0, 0.1) is 0 Å². The van der Waals surface area contributed by atoms with E-state index in [2.05, 4.69) is 10.1 Å². The molecule has 22 heavy (non-hydrogen) atoms. The fraction of sp³-hybridized carbons (Fsp3) is 0.214. The summed E-state index contributed by atoms with van der Waals surface area (Å²) in [6.07, 6.45) is 0. The van der Waals surface area contributed by atoms with Gasteiger partial charge in [-0.2, -0.15) is 0 Å². The number of thiophene rings is 2. The van der Waals surface area contributed by atoms with Crippen molar-refractivity contribution in [1.29, 1.82) is 0 Å². The number of ether oxygens (including phenoxy) is 1. The Morgan fingerprint density at radius 1 is 1.18 bits per heavy atom. The second-order valence-electron chi connectivity index (χ2n) is 4.10. The van der Waals surface area contributed by atoms with Crippen LogP contribution in [-0.4, -0.2) is 35.9 Å². The molecule has 2 heterocycles. The Labute approximate surface area is 139 Å². The topological polar surface area (TPSA) is 72.5 Å². The highest BCUT2D eigenvalue weighted by Gasteiger charge is 2.24. The maximum atomic E-state index is 12.0. The highest BCUT2D eigenvalue weighted by atomic mass is 32.2. The fourth-order valence-electron chi connectivity index (χ4n) is 1.57. The van der Waals surface area contributed by atoms with Crippen molar-refractivity contribution >= 4 is 51.4 Å². The van der Waals surface area contributed by atoms with E-state index < -0.39 is 12.0 Å². The zero-order chi connectivity index (χ0) is 15.9. The van der Waals surface area contributed by atoms with Crippen LogP contribution in [0.15, 0.2) is 35.0 Å². The second kappa shape index (κ2) is 8.11. The number of carbonyl (C=O) groups is 3. The molecule has 0 aromatic carbocycles. The van der Waals surface area contributed by atoms with Crippen molar-refractivity contribution < 1.29 is 19.1 Å². The third-order valence-corrected chi connectivity index (χ3v) is 5.49. The number of carbonyl (C=O) groups excluding carboxylic acids is 3. The number of thioether (sulfide) groups is 1. The summed E-state index contributed by atoms with van der Waals surface area (Å²) in [5.41, 5.74) is 0. The van der Waals surface area contributed by atoms with Gasteiger partial charge >= 0.3 is 5.97 Å². The quantitative estimate of drug-likeness (QED) is 0.807. The van der Waals surface area contributed by atoms with Crippen molar-refractivity contribution in [2.75, 3.05) is 12.9 Å². The molecule has 2 aromatic rings. The van der Waals surface area contributed by atoms with Crippen LogP contribution in [0.25, 0.3) is 0 Å². The molecule has 0 saturated heterocycles. The van der Waals surface area contributed by atoms with Gasteiger partial charge in [0.15, 0.2) is 0 Å². The number of methoxy groups -OCH3 is 1. The molecule has 0 bridgehead atoms. The molecule has 0 fully saturated rings. The van der Waals surface area contributed by atoms with Gasteiger partial charge in [0, 0.05) is 5.75 Å². The van der Waals surface area contributed by atoms with Gasteiger partial charge in [0.05, 0.1) is 16.9 Å². The summed E-state index contributed by atoms with van der Waals surface area (Å²) in [6, 6.07) is 6.06. The Balaban J connectivity index is 1.96. The van der Waals surface area contributed by atoms with E-state index in [-0.39, 0.29) is 16.8 Å². The van der Waals surface area contributed by atoms with Crippen LogP contribution < -0.4 is 5.32 Å². The molecule has 5 nitrogen and oxygen atoms in total. The van der Waals surface area contributed by atoms with E-state index >= 15 is 0 Å². The van der Waals surface area contributed by atoms with Gasteiger partial charge in [-0.15, -0.1) is 22.7 Å². The molecule has 8 heteroatoms. The minimum atomic E-state index is -0.867. The molecule has 1 unspecified atom stereocenters. The summed E-state index contributed by atoms with van der Waals surface area (Å²) in [4.78, 5) is 36.8. The smallest absolute Gasteiger partial charge is 0.329 e. The molecule has 2 aromatic heterocycles. The van der Waals surface area contributed by atoms with Crippen LogP contribution in [0.5, 0.6) is 0 Å². The Bertz CT molecular complexity index is 637. The third kappa shape index (κ3) is 4.43. The molecule has 0 saturated carbocycles. The predicted molar refractivity (Wildman–Crippen MR) is 88.7 cm³/mol. The van der Waals surface area contributed by atoms with Crippen molar-refractivity contribution in [3.63, 3.8) is 0 Å². The van der Waals surface area contributed by atoms with Gasteiger partial charge < -0.3 is 10.1 Å². The van der Waals surface area contributed by atoms with Crippen molar-refractivity contribution in [1.82, 2.24) is 5.32 Å². The first-order chi connectivity index (χ1) is 10.6. The fourth-order valence-corrected chi connectivity index (χ4v) is 3.83. The van der Waals surface area contributed by atoms with E-state index in [0.717, 1.165) is 11.8 Å². The van der Waals surface area contributed by atoms with Gasteiger partial charge in [0.25, 0.3) is 5.91 Å². The van der Waals surface area contributed by atoms with Crippen molar-refractivity contribution in [3.8, 4) is 0 Å².